The summed E-state index contributed by atoms with van der Waals surface area (Å²) >= 11 is 0. The summed E-state index contributed by atoms with van der Waals surface area (Å²) in [6.45, 7) is 8.08. The Bertz CT molecular complexity index is 178. The third-order valence-corrected chi connectivity index (χ3v) is 3.57. The van der Waals surface area contributed by atoms with Gasteiger partial charge < -0.3 is 15.0 Å². The quantitative estimate of drug-likeness (QED) is 0.708. The minimum Gasteiger partial charge on any atom is -0.378 e. The van der Waals surface area contributed by atoms with Crippen molar-refractivity contribution in [2.75, 3.05) is 32.8 Å². The lowest BCUT2D eigenvalue weighted by atomic mass is 10.0. The van der Waals surface area contributed by atoms with E-state index in [1.165, 1.54) is 51.9 Å². The molecular weight excluding hydrogens is 188 g/mol. The van der Waals surface area contributed by atoms with E-state index in [1.54, 1.807) is 0 Å². The molecule has 2 unspecified atom stereocenters. The van der Waals surface area contributed by atoms with Crippen LogP contribution in [0.2, 0.25) is 0 Å². The molecule has 0 aromatic carbocycles. The molecule has 2 saturated heterocycles. The maximum atomic E-state index is 5.62. The summed E-state index contributed by atoms with van der Waals surface area (Å²) < 4.78 is 5.62. The minimum atomic E-state index is 0.465. The Morgan fingerprint density at radius 1 is 1.20 bits per heavy atom. The Morgan fingerprint density at radius 3 is 2.60 bits per heavy atom. The van der Waals surface area contributed by atoms with Gasteiger partial charge in [-0.15, -0.1) is 0 Å². The van der Waals surface area contributed by atoms with Gasteiger partial charge in [-0.3, -0.25) is 0 Å². The lowest BCUT2D eigenvalue weighted by Crippen LogP contribution is -2.45. The van der Waals surface area contributed by atoms with Crippen molar-refractivity contribution in [1.82, 2.24) is 10.2 Å². The van der Waals surface area contributed by atoms with Crippen LogP contribution < -0.4 is 5.32 Å². The van der Waals surface area contributed by atoms with Crippen molar-refractivity contribution < 1.29 is 4.74 Å². The molecule has 3 nitrogen and oxygen atoms in total. The van der Waals surface area contributed by atoms with Gasteiger partial charge in [0.1, 0.15) is 0 Å². The first-order valence-electron chi connectivity index (χ1n) is 6.42. The van der Waals surface area contributed by atoms with E-state index in [0.29, 0.717) is 6.10 Å². The predicted molar refractivity (Wildman–Crippen MR) is 62.1 cm³/mol. The SMILES string of the molecule is CC1CC(N2CCCNCCC2)CCO1. The summed E-state index contributed by atoms with van der Waals surface area (Å²) in [6.07, 6.45) is 5.52. The predicted octanol–water partition coefficient (Wildman–Crippen LogP) is 1.24. The average Bonchev–Trinajstić information content (AvgIpc) is 2.16. The van der Waals surface area contributed by atoms with Crippen LogP contribution in [0.25, 0.3) is 0 Å². The summed E-state index contributed by atoms with van der Waals surface area (Å²) in [5, 5.41) is 3.47. The highest BCUT2D eigenvalue weighted by atomic mass is 16.5. The number of rotatable bonds is 1. The maximum absolute atomic E-state index is 5.62. The molecule has 2 heterocycles. The molecule has 2 fully saturated rings. The highest BCUT2D eigenvalue weighted by Gasteiger charge is 2.24. The van der Waals surface area contributed by atoms with Crippen LogP contribution in [-0.2, 0) is 4.74 Å². The Balaban J connectivity index is 1.83. The van der Waals surface area contributed by atoms with Gasteiger partial charge in [-0.25, -0.2) is 0 Å². The van der Waals surface area contributed by atoms with Gasteiger partial charge in [-0.2, -0.15) is 0 Å². The second-order valence-electron chi connectivity index (χ2n) is 4.85. The van der Waals surface area contributed by atoms with Crippen LogP contribution in [0.4, 0.5) is 0 Å². The molecule has 0 saturated carbocycles. The summed E-state index contributed by atoms with van der Waals surface area (Å²) in [5.41, 5.74) is 0. The summed E-state index contributed by atoms with van der Waals surface area (Å²) in [6, 6.07) is 0.784. The molecule has 2 aliphatic rings. The van der Waals surface area contributed by atoms with Gasteiger partial charge in [-0.1, -0.05) is 0 Å². The summed E-state index contributed by atoms with van der Waals surface area (Å²) in [7, 11) is 0. The zero-order valence-electron chi connectivity index (χ0n) is 9.87. The molecule has 0 spiro atoms. The molecule has 1 N–H and O–H groups in total. The van der Waals surface area contributed by atoms with E-state index in [-0.39, 0.29) is 0 Å². The van der Waals surface area contributed by atoms with Crippen molar-refractivity contribution in [3.05, 3.63) is 0 Å². The van der Waals surface area contributed by atoms with E-state index in [1.807, 2.05) is 0 Å². The van der Waals surface area contributed by atoms with Crippen LogP contribution in [0, 0.1) is 0 Å². The molecular formula is C12H24N2O. The second-order valence-corrected chi connectivity index (χ2v) is 4.85. The van der Waals surface area contributed by atoms with E-state index in [9.17, 15) is 0 Å². The fourth-order valence-electron chi connectivity index (χ4n) is 2.72. The second kappa shape index (κ2) is 5.83. The molecule has 88 valence electrons. The molecule has 2 rings (SSSR count). The number of nitrogens with one attached hydrogen (secondary N) is 1. The van der Waals surface area contributed by atoms with E-state index in [0.717, 1.165) is 12.6 Å². The molecule has 2 aliphatic heterocycles. The van der Waals surface area contributed by atoms with Gasteiger partial charge in [-0.05, 0) is 58.8 Å². The first-order chi connectivity index (χ1) is 7.36. The number of hydrogen-bond acceptors (Lipinski definition) is 3. The Kier molecular flexibility index (Phi) is 4.42. The highest BCUT2D eigenvalue weighted by molar-refractivity contribution is 4.79. The summed E-state index contributed by atoms with van der Waals surface area (Å²) in [5.74, 6) is 0. The lowest BCUT2D eigenvalue weighted by Gasteiger charge is -2.37. The third kappa shape index (κ3) is 3.44. The topological polar surface area (TPSA) is 24.5 Å². The van der Waals surface area contributed by atoms with Crippen molar-refractivity contribution in [2.24, 2.45) is 0 Å². The highest BCUT2D eigenvalue weighted by Crippen LogP contribution is 2.19. The van der Waals surface area contributed by atoms with Gasteiger partial charge in [0.2, 0.25) is 0 Å². The van der Waals surface area contributed by atoms with Gasteiger partial charge in [0.25, 0.3) is 0 Å². The van der Waals surface area contributed by atoms with Crippen molar-refractivity contribution in [3.63, 3.8) is 0 Å². The zero-order chi connectivity index (χ0) is 10.5. The smallest absolute Gasteiger partial charge is 0.0561 e. The van der Waals surface area contributed by atoms with E-state index in [2.05, 4.69) is 17.1 Å². The first-order valence-corrected chi connectivity index (χ1v) is 6.42. The Morgan fingerprint density at radius 2 is 1.93 bits per heavy atom. The summed E-state index contributed by atoms with van der Waals surface area (Å²) in [4.78, 5) is 2.69. The molecule has 3 heteroatoms. The van der Waals surface area contributed by atoms with Crippen LogP contribution in [0.1, 0.15) is 32.6 Å². The zero-order valence-corrected chi connectivity index (χ0v) is 9.87. The fraction of sp³-hybridized carbons (Fsp3) is 1.00. The van der Waals surface area contributed by atoms with Gasteiger partial charge in [0.15, 0.2) is 0 Å². The number of nitrogens with zero attached hydrogens (tertiary/aromatic N) is 1. The number of ether oxygens (including phenoxy) is 1. The van der Waals surface area contributed by atoms with Gasteiger partial charge >= 0.3 is 0 Å². The number of hydrogen-bond donors (Lipinski definition) is 1. The molecule has 0 aliphatic carbocycles. The largest absolute Gasteiger partial charge is 0.378 e. The first kappa shape index (κ1) is 11.4. The van der Waals surface area contributed by atoms with Crippen molar-refractivity contribution >= 4 is 0 Å². The molecule has 0 bridgehead atoms. The molecule has 2 atom stereocenters. The lowest BCUT2D eigenvalue weighted by molar-refractivity contribution is -0.0185. The Hall–Kier alpha value is -0.120. The van der Waals surface area contributed by atoms with Crippen molar-refractivity contribution in [3.8, 4) is 0 Å². The van der Waals surface area contributed by atoms with Gasteiger partial charge in [0, 0.05) is 12.6 Å². The normalized spacial score (nSPS) is 35.8. The van der Waals surface area contributed by atoms with Gasteiger partial charge in [0.05, 0.1) is 6.10 Å². The van der Waals surface area contributed by atoms with Crippen LogP contribution >= 0.6 is 0 Å². The molecule has 0 aromatic rings. The van der Waals surface area contributed by atoms with Crippen LogP contribution in [0.3, 0.4) is 0 Å². The van der Waals surface area contributed by atoms with Crippen LogP contribution in [-0.4, -0.2) is 49.8 Å². The fourth-order valence-corrected chi connectivity index (χ4v) is 2.72. The molecule has 15 heavy (non-hydrogen) atoms. The van der Waals surface area contributed by atoms with Crippen LogP contribution in [0.15, 0.2) is 0 Å². The Labute approximate surface area is 93.2 Å². The third-order valence-electron chi connectivity index (χ3n) is 3.57. The standard InChI is InChI=1S/C12H24N2O/c1-11-10-12(4-9-15-11)14-7-2-5-13-6-3-8-14/h11-13H,2-10H2,1H3. The van der Waals surface area contributed by atoms with Crippen molar-refractivity contribution in [1.29, 1.82) is 0 Å². The maximum Gasteiger partial charge on any atom is 0.0561 e. The molecule has 0 aromatic heterocycles. The van der Waals surface area contributed by atoms with Crippen LogP contribution in [0.5, 0.6) is 0 Å². The average molecular weight is 212 g/mol. The van der Waals surface area contributed by atoms with E-state index < -0.39 is 0 Å². The van der Waals surface area contributed by atoms with E-state index in [4.69, 9.17) is 4.74 Å². The monoisotopic (exact) mass is 212 g/mol. The van der Waals surface area contributed by atoms with Crippen molar-refractivity contribution in [2.45, 2.75) is 44.8 Å². The molecule has 0 radical (unpaired) electrons. The van der Waals surface area contributed by atoms with E-state index >= 15 is 0 Å². The molecule has 0 amide bonds. The minimum absolute atomic E-state index is 0.465.